The number of ether oxygens (including phenoxy) is 1. The van der Waals surface area contributed by atoms with Crippen molar-refractivity contribution >= 4 is 50.9 Å². The molecule has 2 N–H and O–H groups in total. The number of hydrogen-bond acceptors (Lipinski definition) is 9. The molecule has 15 heteroatoms. The van der Waals surface area contributed by atoms with Crippen LogP contribution in [0.15, 0.2) is 84.0 Å². The highest BCUT2D eigenvalue weighted by molar-refractivity contribution is 7.89. The van der Waals surface area contributed by atoms with Crippen molar-refractivity contribution in [2.45, 2.75) is 31.7 Å². The first-order valence-corrected chi connectivity index (χ1v) is 16.3. The maximum atomic E-state index is 15.2. The first kappa shape index (κ1) is 33.9. The van der Waals surface area contributed by atoms with Crippen LogP contribution in [0.2, 0.25) is 0 Å². The minimum Gasteiger partial charge on any atom is -0.454 e. The van der Waals surface area contributed by atoms with Crippen LogP contribution in [0, 0.1) is 18.7 Å². The fourth-order valence-corrected chi connectivity index (χ4v) is 5.72. The highest BCUT2D eigenvalue weighted by Crippen LogP contribution is 2.30. The van der Waals surface area contributed by atoms with E-state index in [4.69, 9.17) is 4.74 Å². The van der Waals surface area contributed by atoms with E-state index in [1.165, 1.54) is 67.8 Å². The second kappa shape index (κ2) is 13.8. The number of aryl methyl sites for hydroxylation is 1. The van der Waals surface area contributed by atoms with Gasteiger partial charge in [-0.05, 0) is 68.8 Å². The molecule has 1 aliphatic heterocycles. The van der Waals surface area contributed by atoms with E-state index in [1.807, 2.05) is 13.0 Å². The van der Waals surface area contributed by atoms with Crippen molar-refractivity contribution in [2.75, 3.05) is 36.2 Å². The molecule has 250 valence electrons. The molecule has 1 unspecified atom stereocenters. The van der Waals surface area contributed by atoms with Crippen LogP contribution < -0.4 is 20.3 Å². The lowest BCUT2D eigenvalue weighted by molar-refractivity contribution is -0.132. The van der Waals surface area contributed by atoms with Crippen molar-refractivity contribution in [1.29, 1.82) is 0 Å². The van der Waals surface area contributed by atoms with Gasteiger partial charge in [-0.3, -0.25) is 9.59 Å². The van der Waals surface area contributed by atoms with Gasteiger partial charge in [-0.1, -0.05) is 12.1 Å². The van der Waals surface area contributed by atoms with Crippen LogP contribution in [0.1, 0.15) is 19.4 Å². The van der Waals surface area contributed by atoms with E-state index in [0.29, 0.717) is 17.3 Å². The van der Waals surface area contributed by atoms with E-state index in [9.17, 15) is 22.8 Å². The van der Waals surface area contributed by atoms with Crippen molar-refractivity contribution in [2.24, 2.45) is 5.92 Å². The number of aromatic nitrogens is 2. The zero-order valence-corrected chi connectivity index (χ0v) is 27.7. The molecule has 0 spiro atoms. The largest absolute Gasteiger partial charge is 0.454 e. The second-order valence-corrected chi connectivity index (χ2v) is 13.7. The van der Waals surface area contributed by atoms with Gasteiger partial charge < -0.3 is 20.3 Å². The molecule has 1 fully saturated rings. The lowest BCUT2D eigenvalue weighted by Gasteiger charge is -2.40. The number of rotatable bonds is 10. The van der Waals surface area contributed by atoms with Gasteiger partial charge in [-0.15, -0.1) is 0 Å². The van der Waals surface area contributed by atoms with Crippen LogP contribution in [0.4, 0.5) is 32.2 Å². The summed E-state index contributed by atoms with van der Waals surface area (Å²) in [6.45, 7) is 5.30. The standard InChI is InChI=1S/C33H34FN7O6S/c1-20(2)40-19-26(32(43)41(33(40)44)23-8-6-7-21(3)15-23)31(42)37-22-9-11-28(27(34)16-22)47-24-13-14-35-30(17-24)38-29-12-10-25(18-36-29)48(45,46)39(4)5/h6-18,20,26H,19H2,1-5H3,(H,37,42)(H,35,36,38). The van der Waals surface area contributed by atoms with Crippen molar-refractivity contribution in [3.05, 3.63) is 90.5 Å². The number of sulfonamides is 1. The van der Waals surface area contributed by atoms with Crippen molar-refractivity contribution in [3.8, 4) is 11.5 Å². The predicted molar refractivity (Wildman–Crippen MR) is 177 cm³/mol. The van der Waals surface area contributed by atoms with Crippen LogP contribution in [-0.2, 0) is 19.6 Å². The van der Waals surface area contributed by atoms with Crippen LogP contribution in [0.3, 0.4) is 0 Å². The van der Waals surface area contributed by atoms with Crippen LogP contribution >= 0.6 is 0 Å². The second-order valence-electron chi connectivity index (χ2n) is 11.5. The van der Waals surface area contributed by atoms with Crippen LogP contribution in [0.5, 0.6) is 11.5 Å². The number of hydrogen-bond donors (Lipinski definition) is 2. The summed E-state index contributed by atoms with van der Waals surface area (Å²) in [6, 6.07) is 15.8. The third kappa shape index (κ3) is 7.26. The van der Waals surface area contributed by atoms with Crippen molar-refractivity contribution < 1.29 is 31.9 Å². The fourth-order valence-electron chi connectivity index (χ4n) is 4.87. The van der Waals surface area contributed by atoms with Gasteiger partial charge in [0.1, 0.15) is 28.2 Å². The molecule has 0 saturated carbocycles. The minimum atomic E-state index is -3.63. The van der Waals surface area contributed by atoms with Gasteiger partial charge in [0, 0.05) is 56.9 Å². The van der Waals surface area contributed by atoms with E-state index in [2.05, 4.69) is 20.6 Å². The Bertz CT molecular complexity index is 1970. The lowest BCUT2D eigenvalue weighted by Crippen LogP contribution is -2.61. The molecule has 2 aromatic heterocycles. The number of pyridine rings is 2. The average molecular weight is 676 g/mol. The summed E-state index contributed by atoms with van der Waals surface area (Å²) < 4.78 is 46.5. The Kier molecular flexibility index (Phi) is 9.72. The molecule has 1 aliphatic rings. The molecule has 13 nitrogen and oxygen atoms in total. The third-order valence-electron chi connectivity index (χ3n) is 7.46. The Balaban J connectivity index is 1.27. The fraction of sp³-hybridized carbons (Fsp3) is 0.242. The van der Waals surface area contributed by atoms with Crippen molar-refractivity contribution in [1.82, 2.24) is 19.2 Å². The van der Waals surface area contributed by atoms with Crippen LogP contribution in [-0.4, -0.2) is 72.1 Å². The molecule has 2 aromatic carbocycles. The first-order chi connectivity index (χ1) is 22.7. The number of carbonyl (C=O) groups is 3. The molecule has 4 amide bonds. The Morgan fingerprint density at radius 3 is 2.44 bits per heavy atom. The van der Waals surface area contributed by atoms with Crippen LogP contribution in [0.25, 0.3) is 0 Å². The molecule has 0 radical (unpaired) electrons. The third-order valence-corrected chi connectivity index (χ3v) is 9.26. The highest BCUT2D eigenvalue weighted by atomic mass is 32.2. The molecular weight excluding hydrogens is 641 g/mol. The average Bonchev–Trinajstić information content (AvgIpc) is 3.03. The highest BCUT2D eigenvalue weighted by Gasteiger charge is 2.44. The monoisotopic (exact) mass is 675 g/mol. The van der Waals surface area contributed by atoms with Gasteiger partial charge in [0.05, 0.1) is 5.69 Å². The number of carbonyl (C=O) groups excluding carboxylic acids is 3. The van der Waals surface area contributed by atoms with Gasteiger partial charge in [0.2, 0.25) is 21.8 Å². The summed E-state index contributed by atoms with van der Waals surface area (Å²) in [7, 11) is -0.786. The number of anilines is 4. The SMILES string of the molecule is Cc1cccc(N2C(=O)C(C(=O)Nc3ccc(Oc4ccnc(Nc5ccc(S(=O)(=O)N(C)C)cn5)c4)c(F)c3)CN(C(C)C)C2=O)c1. The minimum absolute atomic E-state index is 0.0282. The summed E-state index contributed by atoms with van der Waals surface area (Å²) in [5.74, 6) is -2.65. The van der Waals surface area contributed by atoms with Gasteiger partial charge in [0.25, 0.3) is 0 Å². The molecule has 1 saturated heterocycles. The Morgan fingerprint density at radius 1 is 1.02 bits per heavy atom. The Morgan fingerprint density at radius 2 is 1.79 bits per heavy atom. The number of halogens is 1. The Hall–Kier alpha value is -5.41. The smallest absolute Gasteiger partial charge is 0.331 e. The van der Waals surface area contributed by atoms with Gasteiger partial charge in [-0.25, -0.2) is 36.8 Å². The maximum Gasteiger partial charge on any atom is 0.331 e. The van der Waals surface area contributed by atoms with E-state index in [-0.39, 0.29) is 34.7 Å². The summed E-state index contributed by atoms with van der Waals surface area (Å²) in [5, 5.41) is 5.54. The molecule has 5 rings (SSSR count). The van der Waals surface area contributed by atoms with E-state index in [1.54, 1.807) is 32.0 Å². The molecule has 1 atom stereocenters. The number of urea groups is 1. The molecule has 0 bridgehead atoms. The van der Waals surface area contributed by atoms with E-state index < -0.39 is 39.6 Å². The van der Waals surface area contributed by atoms with E-state index in [0.717, 1.165) is 20.8 Å². The lowest BCUT2D eigenvalue weighted by atomic mass is 10.0. The topological polar surface area (TPSA) is 154 Å². The zero-order valence-electron chi connectivity index (χ0n) is 26.8. The molecule has 3 heterocycles. The summed E-state index contributed by atoms with van der Waals surface area (Å²) in [5.41, 5.74) is 1.30. The Labute approximate surface area is 277 Å². The molecular formula is C33H34FN7O6S. The molecule has 0 aliphatic carbocycles. The first-order valence-electron chi connectivity index (χ1n) is 14.9. The van der Waals surface area contributed by atoms with Gasteiger partial charge in [0.15, 0.2) is 11.6 Å². The maximum absolute atomic E-state index is 15.2. The summed E-state index contributed by atoms with van der Waals surface area (Å²) in [4.78, 5) is 50.9. The quantitative estimate of drug-likeness (QED) is 0.218. The number of imide groups is 1. The number of nitrogens with zero attached hydrogens (tertiary/aromatic N) is 5. The number of nitrogens with one attached hydrogen (secondary N) is 2. The van der Waals surface area contributed by atoms with Crippen molar-refractivity contribution in [3.63, 3.8) is 0 Å². The van der Waals surface area contributed by atoms with Gasteiger partial charge in [-0.2, -0.15) is 0 Å². The number of benzene rings is 2. The normalized spacial score (nSPS) is 15.2. The summed E-state index contributed by atoms with van der Waals surface area (Å²) in [6.07, 6.45) is 2.65. The number of amides is 4. The molecule has 4 aromatic rings. The summed E-state index contributed by atoms with van der Waals surface area (Å²) >= 11 is 0. The molecule has 48 heavy (non-hydrogen) atoms. The zero-order chi connectivity index (χ0) is 34.7. The predicted octanol–water partition coefficient (Wildman–Crippen LogP) is 5.14. The van der Waals surface area contributed by atoms with Gasteiger partial charge >= 0.3 is 6.03 Å². The van der Waals surface area contributed by atoms with E-state index >= 15 is 4.39 Å².